The van der Waals surface area contributed by atoms with E-state index in [1.54, 1.807) is 0 Å². The summed E-state index contributed by atoms with van der Waals surface area (Å²) >= 11 is 0. The molecule has 10 nitrogen and oxygen atoms in total. The molecule has 4 atom stereocenters. The Morgan fingerprint density at radius 3 is 2.27 bits per heavy atom. The van der Waals surface area contributed by atoms with Crippen LogP contribution >= 0.6 is 0 Å². The number of hydrogen-bond donors (Lipinski definition) is 5. The van der Waals surface area contributed by atoms with Crippen molar-refractivity contribution in [3.63, 3.8) is 0 Å². The molecule has 0 saturated carbocycles. The summed E-state index contributed by atoms with van der Waals surface area (Å²) in [4.78, 5) is 50.1. The molecule has 2 aliphatic rings. The first-order valence-electron chi connectivity index (χ1n) is 8.92. The van der Waals surface area contributed by atoms with Gasteiger partial charge in [-0.05, 0) is 24.3 Å². The third-order valence-corrected chi connectivity index (χ3v) is 5.44. The number of carboxylic acids is 2. The molecule has 0 aliphatic carbocycles. The van der Waals surface area contributed by atoms with Crippen molar-refractivity contribution in [3.05, 3.63) is 53.6 Å². The fraction of sp³-hybridized carbons (Fsp3) is 0.200. The summed E-state index contributed by atoms with van der Waals surface area (Å²) in [6.45, 7) is 0. The molecule has 0 radical (unpaired) electrons. The first-order valence-corrected chi connectivity index (χ1v) is 8.92. The average Bonchev–Trinajstić information content (AvgIpc) is 3.19. The second kappa shape index (κ2) is 6.85. The highest BCUT2D eigenvalue weighted by atomic mass is 16.4. The summed E-state index contributed by atoms with van der Waals surface area (Å²) in [6.07, 6.45) is 0. The van der Waals surface area contributed by atoms with E-state index in [9.17, 15) is 39.6 Å². The minimum atomic E-state index is -1.39. The minimum absolute atomic E-state index is 0.0251. The van der Waals surface area contributed by atoms with Crippen LogP contribution in [0.25, 0.3) is 0 Å². The van der Waals surface area contributed by atoms with Crippen molar-refractivity contribution in [2.45, 2.75) is 12.1 Å². The number of hydrogen-bond acceptors (Lipinski definition) is 7. The molecule has 2 heterocycles. The molecule has 2 saturated heterocycles. The number of carbonyl (C=O) groups excluding carboxylic acids is 2. The molecule has 2 aromatic carbocycles. The molecule has 2 fully saturated rings. The second-order valence-corrected chi connectivity index (χ2v) is 7.12. The van der Waals surface area contributed by atoms with Gasteiger partial charge in [0.05, 0.1) is 23.1 Å². The van der Waals surface area contributed by atoms with E-state index in [0.717, 1.165) is 17.0 Å². The van der Waals surface area contributed by atoms with Gasteiger partial charge < -0.3 is 20.4 Å². The van der Waals surface area contributed by atoms with Crippen molar-refractivity contribution < 1.29 is 39.6 Å². The van der Waals surface area contributed by atoms with Crippen LogP contribution in [0.2, 0.25) is 0 Å². The zero-order chi connectivity index (χ0) is 21.7. The predicted octanol–water partition coefficient (Wildman–Crippen LogP) is 0.699. The molecule has 5 N–H and O–H groups in total. The number of phenols is 2. The van der Waals surface area contributed by atoms with Crippen LogP contribution in [-0.2, 0) is 14.4 Å². The van der Waals surface area contributed by atoms with E-state index in [1.165, 1.54) is 30.3 Å². The number of amides is 2. The van der Waals surface area contributed by atoms with Crippen LogP contribution in [0.3, 0.4) is 0 Å². The number of benzene rings is 2. The number of aliphatic carboxylic acids is 1. The molecule has 30 heavy (non-hydrogen) atoms. The SMILES string of the molecule is O=C(O)c1cccc(N2C(=O)[C@H]3[C@H](C2=O)[C@H](C(=O)O)N[C@@H]3c2ccc(O)cc2O)c1. The second-order valence-electron chi connectivity index (χ2n) is 7.12. The van der Waals surface area contributed by atoms with Gasteiger partial charge in [0.15, 0.2) is 0 Å². The van der Waals surface area contributed by atoms with Crippen LogP contribution in [0, 0.1) is 11.8 Å². The van der Waals surface area contributed by atoms with E-state index in [4.69, 9.17) is 0 Å². The lowest BCUT2D eigenvalue weighted by molar-refractivity contribution is -0.142. The van der Waals surface area contributed by atoms with E-state index < -0.39 is 47.7 Å². The number of anilines is 1. The number of fused-ring (bicyclic) bond motifs is 1. The van der Waals surface area contributed by atoms with Gasteiger partial charge in [-0.2, -0.15) is 0 Å². The maximum absolute atomic E-state index is 13.2. The smallest absolute Gasteiger partial charge is 0.335 e. The molecule has 2 aliphatic heterocycles. The monoisotopic (exact) mass is 412 g/mol. The van der Waals surface area contributed by atoms with Gasteiger partial charge in [0, 0.05) is 17.7 Å². The van der Waals surface area contributed by atoms with Crippen LogP contribution in [-0.4, -0.2) is 50.2 Å². The fourth-order valence-corrected chi connectivity index (χ4v) is 4.15. The number of carboxylic acid groups (broad SMARTS) is 2. The predicted molar refractivity (Wildman–Crippen MR) is 99.9 cm³/mol. The lowest BCUT2D eigenvalue weighted by Crippen LogP contribution is -2.43. The van der Waals surface area contributed by atoms with Crippen LogP contribution < -0.4 is 10.2 Å². The van der Waals surface area contributed by atoms with Crippen LogP contribution in [0.1, 0.15) is 22.0 Å². The Labute approximate surface area is 169 Å². The van der Waals surface area contributed by atoms with Crippen LogP contribution in [0.4, 0.5) is 5.69 Å². The van der Waals surface area contributed by atoms with Crippen LogP contribution in [0.15, 0.2) is 42.5 Å². The molecule has 0 bridgehead atoms. The molecule has 0 unspecified atom stereocenters. The zero-order valence-corrected chi connectivity index (χ0v) is 15.2. The molecule has 0 spiro atoms. The number of aromatic carboxylic acids is 1. The third-order valence-electron chi connectivity index (χ3n) is 5.44. The molecule has 0 aromatic heterocycles. The van der Waals surface area contributed by atoms with E-state index in [1.807, 2.05) is 0 Å². The number of aromatic hydroxyl groups is 2. The van der Waals surface area contributed by atoms with Crippen molar-refractivity contribution in [1.82, 2.24) is 5.32 Å². The number of nitrogens with one attached hydrogen (secondary N) is 1. The fourth-order valence-electron chi connectivity index (χ4n) is 4.15. The highest BCUT2D eigenvalue weighted by Gasteiger charge is 2.61. The largest absolute Gasteiger partial charge is 0.508 e. The lowest BCUT2D eigenvalue weighted by Gasteiger charge is -2.22. The Hall–Kier alpha value is -3.92. The Morgan fingerprint density at radius 1 is 0.933 bits per heavy atom. The molecular formula is C20H16N2O8. The Morgan fingerprint density at radius 2 is 1.63 bits per heavy atom. The van der Waals surface area contributed by atoms with E-state index in [0.29, 0.717) is 0 Å². The quantitative estimate of drug-likeness (QED) is 0.455. The average molecular weight is 412 g/mol. The van der Waals surface area contributed by atoms with Crippen molar-refractivity contribution in [2.24, 2.45) is 11.8 Å². The van der Waals surface area contributed by atoms with Gasteiger partial charge in [0.25, 0.3) is 0 Å². The number of phenolic OH excluding ortho intramolecular Hbond substituents is 2. The lowest BCUT2D eigenvalue weighted by atomic mass is 9.86. The van der Waals surface area contributed by atoms with Crippen molar-refractivity contribution >= 4 is 29.4 Å². The highest BCUT2D eigenvalue weighted by Crippen LogP contribution is 2.47. The topological polar surface area (TPSA) is 164 Å². The van der Waals surface area contributed by atoms with Crippen molar-refractivity contribution in [1.29, 1.82) is 0 Å². The number of imide groups is 1. The van der Waals surface area contributed by atoms with Gasteiger partial charge in [0.2, 0.25) is 11.8 Å². The number of carbonyl (C=O) groups is 4. The Balaban J connectivity index is 1.79. The summed E-state index contributed by atoms with van der Waals surface area (Å²) in [5.74, 6) is -7.02. The Bertz CT molecular complexity index is 1100. The van der Waals surface area contributed by atoms with E-state index >= 15 is 0 Å². The third kappa shape index (κ3) is 2.85. The van der Waals surface area contributed by atoms with Crippen LogP contribution in [0.5, 0.6) is 11.5 Å². The summed E-state index contributed by atoms with van der Waals surface area (Å²) in [7, 11) is 0. The summed E-state index contributed by atoms with van der Waals surface area (Å²) in [6, 6.07) is 6.51. The normalized spacial score (nSPS) is 25.4. The van der Waals surface area contributed by atoms with Gasteiger partial charge in [-0.3, -0.25) is 19.7 Å². The molecular weight excluding hydrogens is 396 g/mol. The standard InChI is InChI=1S/C20H16N2O8/c23-10-4-5-11(12(24)7-10)15-13-14(16(21-15)20(29)30)18(26)22(17(13)25)9-3-1-2-8(6-9)19(27)28/h1-7,13-16,21,23-24H,(H,27,28)(H,29,30)/t13-,14-,15+,16+/m0/s1. The van der Waals surface area contributed by atoms with Crippen molar-refractivity contribution in [3.8, 4) is 11.5 Å². The summed E-state index contributed by atoms with van der Waals surface area (Å²) in [5.41, 5.74) is 0.0525. The Kier molecular flexibility index (Phi) is 4.43. The van der Waals surface area contributed by atoms with E-state index in [2.05, 4.69) is 5.32 Å². The molecule has 10 heteroatoms. The van der Waals surface area contributed by atoms with Crippen molar-refractivity contribution in [2.75, 3.05) is 4.90 Å². The summed E-state index contributed by atoms with van der Waals surface area (Å²) < 4.78 is 0. The van der Waals surface area contributed by atoms with E-state index in [-0.39, 0.29) is 28.3 Å². The van der Waals surface area contributed by atoms with Gasteiger partial charge in [-0.1, -0.05) is 12.1 Å². The molecule has 2 amide bonds. The number of nitrogens with zero attached hydrogens (tertiary/aromatic N) is 1. The molecule has 4 rings (SSSR count). The number of rotatable bonds is 4. The maximum atomic E-state index is 13.2. The minimum Gasteiger partial charge on any atom is -0.508 e. The summed E-state index contributed by atoms with van der Waals surface area (Å²) in [5, 5.41) is 41.2. The maximum Gasteiger partial charge on any atom is 0.335 e. The molecule has 154 valence electrons. The first kappa shape index (κ1) is 19.4. The highest BCUT2D eigenvalue weighted by molar-refractivity contribution is 6.24. The zero-order valence-electron chi connectivity index (χ0n) is 15.2. The van der Waals surface area contributed by atoms with Gasteiger partial charge in [-0.15, -0.1) is 0 Å². The molecule has 2 aromatic rings. The van der Waals surface area contributed by atoms with Gasteiger partial charge in [-0.25, -0.2) is 9.69 Å². The first-order chi connectivity index (χ1) is 14.2. The van der Waals surface area contributed by atoms with Gasteiger partial charge >= 0.3 is 11.9 Å². The van der Waals surface area contributed by atoms with Gasteiger partial charge in [0.1, 0.15) is 17.5 Å².